The number of phenols is 1. The van der Waals surface area contributed by atoms with Crippen molar-refractivity contribution in [1.82, 2.24) is 0 Å². The highest BCUT2D eigenvalue weighted by molar-refractivity contribution is 7.21. The molecule has 2 N–H and O–H groups in total. The molecule has 0 spiro atoms. The number of thiophene rings is 1. The zero-order chi connectivity index (χ0) is 22.8. The van der Waals surface area contributed by atoms with Crippen LogP contribution in [0.25, 0.3) is 21.2 Å². The van der Waals surface area contributed by atoms with E-state index in [0.717, 1.165) is 44.7 Å². The minimum atomic E-state index is -1.09. The summed E-state index contributed by atoms with van der Waals surface area (Å²) in [6.45, 7) is 3.93. The van der Waals surface area contributed by atoms with Gasteiger partial charge >= 0.3 is 5.97 Å². The molecule has 4 rings (SSSR count). The van der Waals surface area contributed by atoms with Crippen LogP contribution in [-0.4, -0.2) is 22.0 Å². The molecule has 0 saturated heterocycles. The molecule has 0 bridgehead atoms. The molecule has 1 aromatic heterocycles. The molecule has 0 aliphatic heterocycles. The molecule has 0 aliphatic carbocycles. The molecular formula is C26H20O5S. The third-order valence-corrected chi connectivity index (χ3v) is 6.07. The van der Waals surface area contributed by atoms with Crippen molar-refractivity contribution in [2.24, 2.45) is 0 Å². The van der Waals surface area contributed by atoms with Crippen molar-refractivity contribution < 1.29 is 24.5 Å². The predicted octanol–water partition coefficient (Wildman–Crippen LogP) is 6.10. The van der Waals surface area contributed by atoms with Gasteiger partial charge in [-0.1, -0.05) is 29.3 Å². The second kappa shape index (κ2) is 8.69. The van der Waals surface area contributed by atoms with E-state index in [0.29, 0.717) is 16.2 Å². The number of aromatic hydroxyl groups is 1. The van der Waals surface area contributed by atoms with Crippen LogP contribution in [-0.2, 0) is 4.79 Å². The van der Waals surface area contributed by atoms with Crippen molar-refractivity contribution >= 4 is 33.2 Å². The first-order chi connectivity index (χ1) is 15.3. The normalized spacial score (nSPS) is 11.2. The van der Waals surface area contributed by atoms with Crippen molar-refractivity contribution in [1.29, 1.82) is 0 Å². The van der Waals surface area contributed by atoms with Gasteiger partial charge in [-0.3, -0.25) is 4.79 Å². The Labute approximate surface area is 188 Å². The van der Waals surface area contributed by atoms with Gasteiger partial charge in [-0.15, -0.1) is 11.3 Å². The van der Waals surface area contributed by atoms with Crippen molar-refractivity contribution in [3.63, 3.8) is 0 Å². The largest absolute Gasteiger partial charge is 0.508 e. The minimum Gasteiger partial charge on any atom is -0.508 e. The summed E-state index contributed by atoms with van der Waals surface area (Å²) < 4.78 is 6.12. The lowest BCUT2D eigenvalue weighted by Gasteiger charge is -2.08. The summed E-state index contributed by atoms with van der Waals surface area (Å²) >= 11 is 1.35. The number of carboxylic acids is 1. The summed E-state index contributed by atoms with van der Waals surface area (Å²) in [5.41, 5.74) is 4.28. The first kappa shape index (κ1) is 21.3. The zero-order valence-corrected chi connectivity index (χ0v) is 18.3. The topological polar surface area (TPSA) is 83.8 Å². The number of ketones is 1. The van der Waals surface area contributed by atoms with Crippen LogP contribution in [0.5, 0.6) is 11.5 Å². The number of carbonyl (C=O) groups excluding carboxylic acids is 1. The summed E-state index contributed by atoms with van der Waals surface area (Å²) in [4.78, 5) is 24.7. The van der Waals surface area contributed by atoms with Crippen LogP contribution >= 0.6 is 11.3 Å². The van der Waals surface area contributed by atoms with Crippen LogP contribution in [0.2, 0.25) is 0 Å². The SMILES string of the molecule is Cc1cc(C)cc(C(=O)c2sc3cc(O)ccc3c2-c2ccc(O/C=C/C(=O)O)cc2)c1. The Hall–Kier alpha value is -3.90. The Morgan fingerprint density at radius 2 is 1.62 bits per heavy atom. The number of aryl methyl sites for hydroxylation is 2. The molecule has 4 aromatic rings. The van der Waals surface area contributed by atoms with Gasteiger partial charge in [-0.05, 0) is 61.9 Å². The zero-order valence-electron chi connectivity index (χ0n) is 17.5. The monoisotopic (exact) mass is 444 g/mol. The summed E-state index contributed by atoms with van der Waals surface area (Å²) in [7, 11) is 0. The van der Waals surface area contributed by atoms with E-state index in [2.05, 4.69) is 0 Å². The maximum absolute atomic E-state index is 13.5. The van der Waals surface area contributed by atoms with Crippen molar-refractivity contribution in [2.45, 2.75) is 13.8 Å². The molecule has 0 unspecified atom stereocenters. The molecule has 3 aromatic carbocycles. The first-order valence-corrected chi connectivity index (χ1v) is 10.7. The number of fused-ring (bicyclic) bond motifs is 1. The molecule has 0 saturated carbocycles. The Morgan fingerprint density at radius 1 is 0.938 bits per heavy atom. The number of phenolic OH excluding ortho intramolecular Hbond substituents is 1. The maximum atomic E-state index is 13.5. The number of hydrogen-bond acceptors (Lipinski definition) is 5. The number of hydrogen-bond donors (Lipinski definition) is 2. The van der Waals surface area contributed by atoms with Crippen LogP contribution in [0, 0.1) is 13.8 Å². The van der Waals surface area contributed by atoms with Gasteiger partial charge in [0.25, 0.3) is 0 Å². The van der Waals surface area contributed by atoms with Gasteiger partial charge in [0.05, 0.1) is 17.2 Å². The third kappa shape index (κ3) is 4.40. The average Bonchev–Trinajstić information content (AvgIpc) is 3.11. The molecule has 0 amide bonds. The summed E-state index contributed by atoms with van der Waals surface area (Å²) in [6.07, 6.45) is 2.02. The lowest BCUT2D eigenvalue weighted by Crippen LogP contribution is -2.01. The maximum Gasteiger partial charge on any atom is 0.331 e. The van der Waals surface area contributed by atoms with Crippen molar-refractivity contribution in [3.05, 3.63) is 94.6 Å². The predicted molar refractivity (Wildman–Crippen MR) is 126 cm³/mol. The first-order valence-electron chi connectivity index (χ1n) is 9.87. The van der Waals surface area contributed by atoms with Crippen LogP contribution in [0.4, 0.5) is 0 Å². The Bertz CT molecular complexity index is 1340. The minimum absolute atomic E-state index is 0.0720. The van der Waals surface area contributed by atoms with Crippen molar-refractivity contribution in [2.75, 3.05) is 0 Å². The highest BCUT2D eigenvalue weighted by atomic mass is 32.1. The number of carbonyl (C=O) groups is 2. The lowest BCUT2D eigenvalue weighted by molar-refractivity contribution is -0.131. The van der Waals surface area contributed by atoms with Gasteiger partial charge < -0.3 is 14.9 Å². The van der Waals surface area contributed by atoms with Crippen LogP contribution < -0.4 is 4.74 Å². The quantitative estimate of drug-likeness (QED) is 0.213. The van der Waals surface area contributed by atoms with Crippen LogP contribution in [0.3, 0.4) is 0 Å². The highest BCUT2D eigenvalue weighted by Gasteiger charge is 2.22. The van der Waals surface area contributed by atoms with Gasteiger partial charge in [0.1, 0.15) is 11.5 Å². The molecule has 5 nitrogen and oxygen atoms in total. The molecule has 0 radical (unpaired) electrons. The number of rotatable bonds is 6. The molecule has 6 heteroatoms. The summed E-state index contributed by atoms with van der Waals surface area (Å²) in [6, 6.07) is 18.0. The number of carboxylic acid groups (broad SMARTS) is 1. The van der Waals surface area contributed by atoms with E-state index in [1.807, 2.05) is 50.2 Å². The van der Waals surface area contributed by atoms with E-state index >= 15 is 0 Å². The van der Waals surface area contributed by atoms with E-state index in [-0.39, 0.29) is 11.5 Å². The van der Waals surface area contributed by atoms with Gasteiger partial charge in [0, 0.05) is 21.2 Å². The second-order valence-corrected chi connectivity index (χ2v) is 8.53. The van der Waals surface area contributed by atoms with E-state index in [1.165, 1.54) is 11.3 Å². The van der Waals surface area contributed by atoms with Crippen molar-refractivity contribution in [3.8, 4) is 22.6 Å². The fourth-order valence-electron chi connectivity index (χ4n) is 3.64. The van der Waals surface area contributed by atoms with E-state index < -0.39 is 5.97 Å². The third-order valence-electron chi connectivity index (χ3n) is 4.92. The number of benzene rings is 3. The lowest BCUT2D eigenvalue weighted by atomic mass is 9.96. The van der Waals surface area contributed by atoms with E-state index in [4.69, 9.17) is 9.84 Å². The second-order valence-electron chi connectivity index (χ2n) is 7.48. The van der Waals surface area contributed by atoms with Gasteiger partial charge in [0.2, 0.25) is 5.78 Å². The van der Waals surface area contributed by atoms with Gasteiger partial charge in [0.15, 0.2) is 0 Å². The molecule has 32 heavy (non-hydrogen) atoms. The average molecular weight is 445 g/mol. The van der Waals surface area contributed by atoms with Gasteiger partial charge in [-0.2, -0.15) is 0 Å². The molecular weight excluding hydrogens is 424 g/mol. The molecule has 0 atom stereocenters. The Morgan fingerprint density at radius 3 is 2.28 bits per heavy atom. The molecule has 0 fully saturated rings. The van der Waals surface area contributed by atoms with Gasteiger partial charge in [-0.25, -0.2) is 4.79 Å². The smallest absolute Gasteiger partial charge is 0.331 e. The number of aliphatic carboxylic acids is 1. The summed E-state index contributed by atoms with van der Waals surface area (Å²) in [5.74, 6) is -0.545. The Balaban J connectivity index is 1.81. The Kier molecular flexibility index (Phi) is 5.79. The fraction of sp³-hybridized carbons (Fsp3) is 0.0769. The standard InChI is InChI=1S/C26H20O5S/c1-15-11-16(2)13-18(12-15)25(30)26-24(21-8-5-19(27)14-22(21)32-26)17-3-6-20(7-4-17)31-10-9-23(28)29/h3-14,27H,1-2H3,(H,28,29)/b10-9+. The molecule has 1 heterocycles. The fourth-order valence-corrected chi connectivity index (χ4v) is 4.86. The van der Waals surface area contributed by atoms with Crippen LogP contribution in [0.1, 0.15) is 26.4 Å². The van der Waals surface area contributed by atoms with E-state index in [1.54, 1.807) is 24.3 Å². The van der Waals surface area contributed by atoms with Crippen LogP contribution in [0.15, 0.2) is 73.0 Å². The summed E-state index contributed by atoms with van der Waals surface area (Å²) in [5, 5.41) is 19.5. The highest BCUT2D eigenvalue weighted by Crippen LogP contribution is 2.41. The molecule has 0 aliphatic rings. The number of ether oxygens (including phenoxy) is 1. The molecule has 160 valence electrons. The van der Waals surface area contributed by atoms with E-state index in [9.17, 15) is 14.7 Å².